The van der Waals surface area contributed by atoms with Gasteiger partial charge in [-0.25, -0.2) is 0 Å². The van der Waals surface area contributed by atoms with E-state index in [1.165, 1.54) is 37.7 Å². The van der Waals surface area contributed by atoms with Crippen molar-refractivity contribution in [2.45, 2.75) is 131 Å². The zero-order valence-corrected chi connectivity index (χ0v) is 29.6. The largest absolute Gasteiger partial charge is 0.394 e. The molecule has 1 aliphatic rings. The van der Waals surface area contributed by atoms with Crippen LogP contribution in [0.2, 0.25) is 5.02 Å². The number of hydrogen-bond donors (Lipinski definition) is 2. The molecule has 0 radical (unpaired) electrons. The maximum absolute atomic E-state index is 12.7. The Morgan fingerprint density at radius 1 is 0.932 bits per heavy atom. The highest BCUT2D eigenvalue weighted by atomic mass is 35.5. The average Bonchev–Trinajstić information content (AvgIpc) is 3.00. The van der Waals surface area contributed by atoms with Gasteiger partial charge in [0.2, 0.25) is 5.91 Å². The number of carbonyl (C=O) groups is 2. The number of benzene rings is 1. The van der Waals surface area contributed by atoms with Gasteiger partial charge in [0.05, 0.1) is 6.54 Å². The number of rotatable bonds is 16. The number of primary amides is 1. The SMILES string of the molecule is C=C(C)CN=C1CCCC/C1=C(/N)C(=O)N(CCC)CCC.CCCC(N)=O.CCCCC(CCC)Cc1ccccc1Cl. The van der Waals surface area contributed by atoms with Crippen LogP contribution in [0.1, 0.15) is 131 Å². The summed E-state index contributed by atoms with van der Waals surface area (Å²) in [5.74, 6) is 0.575. The zero-order chi connectivity index (χ0) is 33.3. The molecule has 1 fully saturated rings. The molecule has 7 heteroatoms. The number of unbranched alkanes of at least 4 members (excludes halogenated alkanes) is 1. The molecular weight excluding hydrogens is 568 g/mol. The molecule has 0 aliphatic heterocycles. The highest BCUT2D eigenvalue weighted by Crippen LogP contribution is 2.25. The fraction of sp³-hybridized carbons (Fsp3) is 0.649. The Morgan fingerprint density at radius 2 is 1.57 bits per heavy atom. The normalized spacial score (nSPS) is 15.3. The van der Waals surface area contributed by atoms with Crippen molar-refractivity contribution in [1.29, 1.82) is 0 Å². The lowest BCUT2D eigenvalue weighted by atomic mass is 9.90. The summed E-state index contributed by atoms with van der Waals surface area (Å²) < 4.78 is 0. The minimum atomic E-state index is -0.211. The molecule has 6 nitrogen and oxygen atoms in total. The number of nitrogens with zero attached hydrogens (tertiary/aromatic N) is 2. The first-order valence-electron chi connectivity index (χ1n) is 17.0. The van der Waals surface area contributed by atoms with Gasteiger partial charge < -0.3 is 16.4 Å². The topological polar surface area (TPSA) is 102 Å². The van der Waals surface area contributed by atoms with E-state index in [0.29, 0.717) is 18.7 Å². The van der Waals surface area contributed by atoms with Crippen molar-refractivity contribution in [2.24, 2.45) is 22.4 Å². The van der Waals surface area contributed by atoms with Crippen LogP contribution in [0.15, 0.2) is 52.7 Å². The van der Waals surface area contributed by atoms with Gasteiger partial charge in [-0.1, -0.05) is 109 Å². The second-order valence-corrected chi connectivity index (χ2v) is 12.3. The van der Waals surface area contributed by atoms with Gasteiger partial charge in [0, 0.05) is 35.8 Å². The van der Waals surface area contributed by atoms with Crippen LogP contribution in [-0.2, 0) is 16.0 Å². The summed E-state index contributed by atoms with van der Waals surface area (Å²) in [6, 6.07) is 8.26. The molecule has 1 aromatic rings. The first kappa shape index (κ1) is 41.4. The van der Waals surface area contributed by atoms with E-state index in [4.69, 9.17) is 23.1 Å². The van der Waals surface area contributed by atoms with Crippen molar-refractivity contribution < 1.29 is 9.59 Å². The van der Waals surface area contributed by atoms with Crippen LogP contribution in [0.5, 0.6) is 0 Å². The van der Waals surface area contributed by atoms with Crippen LogP contribution < -0.4 is 11.5 Å². The van der Waals surface area contributed by atoms with E-state index in [9.17, 15) is 9.59 Å². The highest BCUT2D eigenvalue weighted by molar-refractivity contribution is 6.31. The van der Waals surface area contributed by atoms with Crippen molar-refractivity contribution in [3.05, 3.63) is 58.3 Å². The molecule has 1 atom stereocenters. The summed E-state index contributed by atoms with van der Waals surface area (Å²) in [4.78, 5) is 29.0. The molecule has 44 heavy (non-hydrogen) atoms. The van der Waals surface area contributed by atoms with Crippen LogP contribution >= 0.6 is 11.6 Å². The number of amides is 2. The third kappa shape index (κ3) is 18.3. The van der Waals surface area contributed by atoms with Crippen LogP contribution in [0.3, 0.4) is 0 Å². The Bertz CT molecular complexity index is 1030. The Hall–Kier alpha value is -2.60. The average molecular weight is 631 g/mol. The predicted octanol–water partition coefficient (Wildman–Crippen LogP) is 9.20. The fourth-order valence-corrected chi connectivity index (χ4v) is 5.42. The monoisotopic (exact) mass is 630 g/mol. The Kier molecular flexibility index (Phi) is 24.2. The summed E-state index contributed by atoms with van der Waals surface area (Å²) in [6.07, 6.45) is 15.0. The van der Waals surface area contributed by atoms with E-state index in [1.54, 1.807) is 0 Å². The molecule has 0 saturated heterocycles. The lowest BCUT2D eigenvalue weighted by Gasteiger charge is -2.25. The second-order valence-electron chi connectivity index (χ2n) is 11.9. The molecule has 2 amide bonds. The van der Waals surface area contributed by atoms with Crippen molar-refractivity contribution in [2.75, 3.05) is 19.6 Å². The number of allylic oxidation sites excluding steroid dienone is 1. The van der Waals surface area contributed by atoms with Gasteiger partial charge >= 0.3 is 0 Å². The van der Waals surface area contributed by atoms with Crippen LogP contribution in [-0.4, -0.2) is 42.1 Å². The third-order valence-electron chi connectivity index (χ3n) is 7.43. The molecule has 250 valence electrons. The highest BCUT2D eigenvalue weighted by Gasteiger charge is 2.23. The first-order valence-corrected chi connectivity index (χ1v) is 17.4. The Balaban J connectivity index is 0.000000732. The van der Waals surface area contributed by atoms with E-state index in [0.717, 1.165) is 92.3 Å². The summed E-state index contributed by atoms with van der Waals surface area (Å²) in [5.41, 5.74) is 15.7. The second kappa shape index (κ2) is 25.7. The first-order chi connectivity index (χ1) is 21.1. The molecule has 1 saturated carbocycles. The number of halogens is 1. The number of carbonyl (C=O) groups excluding carboxylic acids is 2. The zero-order valence-electron chi connectivity index (χ0n) is 28.9. The Labute approximate surface area is 274 Å². The molecular formula is C37H63ClN4O2. The van der Waals surface area contributed by atoms with E-state index in [-0.39, 0.29) is 11.8 Å². The van der Waals surface area contributed by atoms with Gasteiger partial charge in [0.1, 0.15) is 5.70 Å². The van der Waals surface area contributed by atoms with Gasteiger partial charge in [0.15, 0.2) is 0 Å². The number of hydrogen-bond acceptors (Lipinski definition) is 4. The van der Waals surface area contributed by atoms with Gasteiger partial charge in [-0.2, -0.15) is 0 Å². The summed E-state index contributed by atoms with van der Waals surface area (Å²) >= 11 is 6.20. The standard InChI is InChI=1S/C18H31N3O.C15H23Cl.C4H9NO/c1-5-11-21(12-6-2)18(22)17(19)15-9-7-8-10-16(15)20-13-14(3)4;1-3-5-9-13(8-4-2)12-14-10-6-7-11-15(14)16;1-2-3-4(5)6/h3,5-13,19H2,1-2,4H3;6-7,10-11,13H,3-5,8-9,12H2,1-2H3;2-3H2,1H3,(H2,5,6)/b17-15-,20-16?;;. The molecule has 4 N–H and O–H groups in total. The molecule has 0 aromatic heterocycles. The van der Waals surface area contributed by atoms with Crippen LogP contribution in [0.4, 0.5) is 0 Å². The Morgan fingerprint density at radius 3 is 2.07 bits per heavy atom. The number of nitrogens with two attached hydrogens (primary N) is 2. The molecule has 0 spiro atoms. The van der Waals surface area contributed by atoms with E-state index in [1.807, 2.05) is 30.9 Å². The third-order valence-corrected chi connectivity index (χ3v) is 7.80. The quantitative estimate of drug-likeness (QED) is 0.141. The van der Waals surface area contributed by atoms with Crippen molar-refractivity contribution in [3.63, 3.8) is 0 Å². The summed E-state index contributed by atoms with van der Waals surface area (Å²) in [5, 5.41) is 0.931. The van der Waals surface area contributed by atoms with Gasteiger partial charge in [-0.3, -0.25) is 14.6 Å². The van der Waals surface area contributed by atoms with Crippen LogP contribution in [0.25, 0.3) is 0 Å². The lowest BCUT2D eigenvalue weighted by Crippen LogP contribution is -2.37. The fourth-order valence-electron chi connectivity index (χ4n) is 5.21. The molecule has 2 rings (SSSR count). The van der Waals surface area contributed by atoms with Gasteiger partial charge in [0.25, 0.3) is 5.91 Å². The maximum atomic E-state index is 12.7. The molecule has 0 bridgehead atoms. The van der Waals surface area contributed by atoms with E-state index < -0.39 is 0 Å². The van der Waals surface area contributed by atoms with Crippen molar-refractivity contribution in [1.82, 2.24) is 4.90 Å². The number of aliphatic imine (C=N–C) groups is 1. The molecule has 1 unspecified atom stereocenters. The minimum absolute atomic E-state index is 0.0244. The van der Waals surface area contributed by atoms with Crippen LogP contribution in [0, 0.1) is 5.92 Å². The lowest BCUT2D eigenvalue weighted by molar-refractivity contribution is -0.127. The summed E-state index contributed by atoms with van der Waals surface area (Å²) in [6.45, 7) is 18.6. The van der Waals surface area contributed by atoms with E-state index in [2.05, 4.69) is 51.4 Å². The minimum Gasteiger partial charge on any atom is -0.394 e. The summed E-state index contributed by atoms with van der Waals surface area (Å²) in [7, 11) is 0. The van der Waals surface area contributed by atoms with Crippen molar-refractivity contribution in [3.8, 4) is 0 Å². The van der Waals surface area contributed by atoms with Gasteiger partial charge in [-0.15, -0.1) is 0 Å². The smallest absolute Gasteiger partial charge is 0.270 e. The van der Waals surface area contributed by atoms with E-state index >= 15 is 0 Å². The predicted molar refractivity (Wildman–Crippen MR) is 191 cm³/mol. The maximum Gasteiger partial charge on any atom is 0.270 e. The van der Waals surface area contributed by atoms with Crippen molar-refractivity contribution >= 4 is 29.1 Å². The van der Waals surface area contributed by atoms with Gasteiger partial charge in [-0.05, 0) is 75.8 Å². The molecule has 1 aliphatic carbocycles. The molecule has 1 aromatic carbocycles. The molecule has 0 heterocycles.